The molecule has 6 nitrogen and oxygen atoms in total. The summed E-state index contributed by atoms with van der Waals surface area (Å²) in [5, 5.41) is 19.5. The van der Waals surface area contributed by atoms with Crippen LogP contribution in [0, 0.1) is 0 Å². The van der Waals surface area contributed by atoms with Gasteiger partial charge in [0.15, 0.2) is 0 Å². The quantitative estimate of drug-likeness (QED) is 0.654. The molecular formula is C16H24O6. The van der Waals surface area contributed by atoms with Crippen molar-refractivity contribution in [2.75, 3.05) is 0 Å². The van der Waals surface area contributed by atoms with Gasteiger partial charge in [0, 0.05) is 12.2 Å². The zero-order chi connectivity index (χ0) is 16.5. The molecule has 0 radical (unpaired) electrons. The molecule has 0 aliphatic carbocycles. The van der Waals surface area contributed by atoms with Gasteiger partial charge in [-0.3, -0.25) is 0 Å². The van der Waals surface area contributed by atoms with Crippen molar-refractivity contribution >= 4 is 11.9 Å². The molecular weight excluding hydrogens is 288 g/mol. The Bertz CT molecular complexity index is 388. The molecule has 0 aromatic heterocycles. The first kappa shape index (κ1) is 18.4. The molecule has 0 amide bonds. The summed E-state index contributed by atoms with van der Waals surface area (Å²) in [6.45, 7) is 3.44. The number of aliphatic hydroxyl groups is 2. The zero-order valence-electron chi connectivity index (χ0n) is 13.0. The first-order chi connectivity index (χ1) is 10.4. The van der Waals surface area contributed by atoms with Crippen molar-refractivity contribution in [2.45, 2.75) is 63.9 Å². The van der Waals surface area contributed by atoms with Crippen molar-refractivity contribution in [3.8, 4) is 0 Å². The number of carbonyl (C=O) groups is 2. The second-order valence-electron chi connectivity index (χ2n) is 5.50. The molecule has 1 rings (SSSR count). The van der Waals surface area contributed by atoms with Gasteiger partial charge in [0.2, 0.25) is 0 Å². The van der Waals surface area contributed by atoms with Crippen molar-refractivity contribution in [3.63, 3.8) is 0 Å². The van der Waals surface area contributed by atoms with E-state index in [0.29, 0.717) is 25.7 Å². The van der Waals surface area contributed by atoms with Crippen LogP contribution >= 0.6 is 0 Å². The van der Waals surface area contributed by atoms with Crippen molar-refractivity contribution in [3.05, 3.63) is 24.3 Å². The first-order valence-electron chi connectivity index (χ1n) is 7.50. The monoisotopic (exact) mass is 312 g/mol. The lowest BCUT2D eigenvalue weighted by Gasteiger charge is -2.15. The molecule has 0 bridgehead atoms. The Hall–Kier alpha value is -1.66. The summed E-state index contributed by atoms with van der Waals surface area (Å²) in [5.41, 5.74) is 0. The molecule has 0 aromatic rings. The third kappa shape index (κ3) is 7.95. The SMILES string of the molecule is C[C@@H]1CC[C@H](O)/C=C\C(=O)O[C@H](C)CC[C@H](O)/C=C\C(=O)O1. The summed E-state index contributed by atoms with van der Waals surface area (Å²) in [6, 6.07) is 0. The van der Waals surface area contributed by atoms with Gasteiger partial charge in [0.1, 0.15) is 0 Å². The highest BCUT2D eigenvalue weighted by Crippen LogP contribution is 2.10. The van der Waals surface area contributed by atoms with Crippen LogP contribution in [-0.4, -0.2) is 46.6 Å². The van der Waals surface area contributed by atoms with Crippen molar-refractivity contribution in [1.29, 1.82) is 0 Å². The Kier molecular flexibility index (Phi) is 7.84. The molecule has 0 saturated heterocycles. The van der Waals surface area contributed by atoms with E-state index in [1.54, 1.807) is 13.8 Å². The summed E-state index contributed by atoms with van der Waals surface area (Å²) in [5.74, 6) is -1.05. The minimum absolute atomic E-state index is 0.361. The van der Waals surface area contributed by atoms with E-state index in [2.05, 4.69) is 0 Å². The standard InChI is InChI=1S/C16H24O6/c1-11-3-5-13(17)8-10-16(20)22-12(2)4-6-14(18)7-9-15(19)21-11/h7-14,17-18H,3-6H2,1-2H3/b9-7-,10-8-/t11-,12-,13+,14+/m1/s1. The molecule has 2 N–H and O–H groups in total. The van der Waals surface area contributed by atoms with Crippen LogP contribution in [0.5, 0.6) is 0 Å². The maximum atomic E-state index is 11.6. The molecule has 124 valence electrons. The minimum atomic E-state index is -0.797. The van der Waals surface area contributed by atoms with E-state index < -0.39 is 24.1 Å². The Morgan fingerprint density at radius 3 is 1.55 bits per heavy atom. The molecule has 0 fully saturated rings. The van der Waals surface area contributed by atoms with Crippen LogP contribution in [-0.2, 0) is 19.1 Å². The van der Waals surface area contributed by atoms with E-state index in [4.69, 9.17) is 9.47 Å². The second kappa shape index (κ2) is 9.38. The van der Waals surface area contributed by atoms with Crippen molar-refractivity contribution in [1.82, 2.24) is 0 Å². The van der Waals surface area contributed by atoms with Crippen LogP contribution in [0.15, 0.2) is 24.3 Å². The number of cyclic esters (lactones) is 2. The van der Waals surface area contributed by atoms with Crippen LogP contribution in [0.4, 0.5) is 0 Å². The highest BCUT2D eigenvalue weighted by molar-refractivity contribution is 5.82. The summed E-state index contributed by atoms with van der Waals surface area (Å²) in [7, 11) is 0. The van der Waals surface area contributed by atoms with E-state index in [0.717, 1.165) is 0 Å². The lowest BCUT2D eigenvalue weighted by atomic mass is 10.1. The third-order valence-corrected chi connectivity index (χ3v) is 3.28. The summed E-state index contributed by atoms with van der Waals surface area (Å²) in [4.78, 5) is 23.1. The summed E-state index contributed by atoms with van der Waals surface area (Å²) >= 11 is 0. The number of ether oxygens (including phenoxy) is 2. The fourth-order valence-electron chi connectivity index (χ4n) is 1.98. The smallest absolute Gasteiger partial charge is 0.330 e. The van der Waals surface area contributed by atoms with E-state index in [-0.39, 0.29) is 12.2 Å². The molecule has 0 spiro atoms. The fourth-order valence-corrected chi connectivity index (χ4v) is 1.98. The average Bonchev–Trinajstić information content (AvgIpc) is 2.46. The molecule has 6 heteroatoms. The molecule has 1 aliphatic heterocycles. The van der Waals surface area contributed by atoms with Gasteiger partial charge in [-0.05, 0) is 51.7 Å². The van der Waals surface area contributed by atoms with Gasteiger partial charge in [-0.1, -0.05) is 0 Å². The Balaban J connectivity index is 2.70. The predicted octanol–water partition coefficient (Wildman–Crippen LogP) is 1.26. The van der Waals surface area contributed by atoms with Gasteiger partial charge in [-0.15, -0.1) is 0 Å². The van der Waals surface area contributed by atoms with Gasteiger partial charge < -0.3 is 19.7 Å². The zero-order valence-corrected chi connectivity index (χ0v) is 13.0. The molecule has 0 saturated carbocycles. The number of rotatable bonds is 0. The normalized spacial score (nSPS) is 35.3. The topological polar surface area (TPSA) is 93.1 Å². The summed E-state index contributed by atoms with van der Waals surface area (Å²) in [6.07, 6.45) is 4.44. The van der Waals surface area contributed by atoms with E-state index in [1.807, 2.05) is 0 Å². The fraction of sp³-hybridized carbons (Fsp3) is 0.625. The largest absolute Gasteiger partial charge is 0.460 e. The van der Waals surface area contributed by atoms with Crippen molar-refractivity contribution in [2.24, 2.45) is 0 Å². The Morgan fingerprint density at radius 2 is 1.18 bits per heavy atom. The van der Waals surface area contributed by atoms with Crippen LogP contribution < -0.4 is 0 Å². The molecule has 22 heavy (non-hydrogen) atoms. The van der Waals surface area contributed by atoms with Crippen LogP contribution in [0.1, 0.15) is 39.5 Å². The van der Waals surface area contributed by atoms with Gasteiger partial charge in [0.25, 0.3) is 0 Å². The van der Waals surface area contributed by atoms with E-state index >= 15 is 0 Å². The van der Waals surface area contributed by atoms with E-state index in [1.165, 1.54) is 24.3 Å². The lowest BCUT2D eigenvalue weighted by molar-refractivity contribution is -0.143. The molecule has 0 unspecified atom stereocenters. The maximum Gasteiger partial charge on any atom is 0.330 e. The lowest BCUT2D eigenvalue weighted by Crippen LogP contribution is -2.18. The molecule has 0 aromatic carbocycles. The van der Waals surface area contributed by atoms with Crippen LogP contribution in [0.2, 0.25) is 0 Å². The highest BCUT2D eigenvalue weighted by atomic mass is 16.5. The molecule has 1 heterocycles. The minimum Gasteiger partial charge on any atom is -0.460 e. The Morgan fingerprint density at radius 1 is 0.818 bits per heavy atom. The first-order valence-corrected chi connectivity index (χ1v) is 7.50. The number of aliphatic hydroxyl groups excluding tert-OH is 2. The Labute approximate surface area is 130 Å². The van der Waals surface area contributed by atoms with Crippen molar-refractivity contribution < 1.29 is 29.3 Å². The number of esters is 2. The number of carbonyl (C=O) groups excluding carboxylic acids is 2. The van der Waals surface area contributed by atoms with E-state index in [9.17, 15) is 19.8 Å². The van der Waals surface area contributed by atoms with Crippen LogP contribution in [0.25, 0.3) is 0 Å². The second-order valence-corrected chi connectivity index (χ2v) is 5.50. The molecule has 1 aliphatic rings. The number of hydrogen-bond donors (Lipinski definition) is 2. The molecule has 4 atom stereocenters. The predicted molar refractivity (Wildman–Crippen MR) is 79.9 cm³/mol. The van der Waals surface area contributed by atoms with Gasteiger partial charge in [0.05, 0.1) is 24.4 Å². The third-order valence-electron chi connectivity index (χ3n) is 3.28. The van der Waals surface area contributed by atoms with Gasteiger partial charge >= 0.3 is 11.9 Å². The summed E-state index contributed by atoms with van der Waals surface area (Å²) < 4.78 is 10.3. The average molecular weight is 312 g/mol. The maximum absolute atomic E-state index is 11.6. The highest BCUT2D eigenvalue weighted by Gasteiger charge is 2.13. The van der Waals surface area contributed by atoms with Crippen LogP contribution in [0.3, 0.4) is 0 Å². The number of hydrogen-bond acceptors (Lipinski definition) is 6. The van der Waals surface area contributed by atoms with Gasteiger partial charge in [-0.25, -0.2) is 9.59 Å². The van der Waals surface area contributed by atoms with Gasteiger partial charge in [-0.2, -0.15) is 0 Å².